The van der Waals surface area contributed by atoms with Gasteiger partial charge < -0.3 is 0 Å². The largest absolute Gasteiger partial charge is 0.299 e. The lowest BCUT2D eigenvalue weighted by Crippen LogP contribution is -2.12. The molecule has 3 aliphatic carbocycles. The van der Waals surface area contributed by atoms with Crippen molar-refractivity contribution in [1.82, 2.24) is 0 Å². The van der Waals surface area contributed by atoms with Crippen LogP contribution in [-0.2, 0) is 11.2 Å². The second kappa shape index (κ2) is 4.19. The summed E-state index contributed by atoms with van der Waals surface area (Å²) in [4.78, 5) is 12.6. The summed E-state index contributed by atoms with van der Waals surface area (Å²) < 4.78 is 0. The average Bonchev–Trinajstić information content (AvgIpc) is 2.96. The number of Topliss-reactive ketones (excluding diaryl/α,β-unsaturated/α-hetero) is 1. The van der Waals surface area contributed by atoms with Gasteiger partial charge >= 0.3 is 0 Å². The van der Waals surface area contributed by atoms with Crippen LogP contribution in [0.2, 0.25) is 0 Å². The maximum atomic E-state index is 12.6. The third-order valence-electron chi connectivity index (χ3n) is 6.30. The summed E-state index contributed by atoms with van der Waals surface area (Å²) in [5.74, 6) is 4.27. The maximum absolute atomic E-state index is 12.6. The summed E-state index contributed by atoms with van der Waals surface area (Å²) in [6, 6.07) is 14.9. The van der Waals surface area contributed by atoms with Crippen molar-refractivity contribution in [3.8, 4) is 0 Å². The molecule has 2 aromatic rings. The predicted molar refractivity (Wildman–Crippen MR) is 84.0 cm³/mol. The molecule has 2 bridgehead atoms. The summed E-state index contributed by atoms with van der Waals surface area (Å²) >= 11 is 0. The van der Waals surface area contributed by atoms with Crippen LogP contribution in [0.4, 0.5) is 0 Å². The number of rotatable bonds is 3. The van der Waals surface area contributed by atoms with Crippen LogP contribution in [0.5, 0.6) is 0 Å². The Morgan fingerprint density at radius 1 is 0.952 bits per heavy atom. The van der Waals surface area contributed by atoms with Crippen LogP contribution in [0, 0.1) is 29.6 Å². The standard InChI is InChI=1S/C20H20O/c21-17(20-18-15-7-8-16(11-15)19(18)20)10-12-5-6-13-3-1-2-4-14(13)9-12/h1-6,9,15-16,18-20H,7-8,10-11H2. The molecule has 0 amide bonds. The highest BCUT2D eigenvalue weighted by Crippen LogP contribution is 2.69. The Kier molecular flexibility index (Phi) is 2.39. The van der Waals surface area contributed by atoms with Gasteiger partial charge in [-0.1, -0.05) is 42.5 Å². The minimum absolute atomic E-state index is 0.419. The van der Waals surface area contributed by atoms with Gasteiger partial charge in [-0.2, -0.15) is 0 Å². The van der Waals surface area contributed by atoms with Gasteiger partial charge in [-0.25, -0.2) is 0 Å². The van der Waals surface area contributed by atoms with Gasteiger partial charge in [-0.15, -0.1) is 0 Å². The zero-order chi connectivity index (χ0) is 14.0. The highest BCUT2D eigenvalue weighted by Gasteiger charge is 2.66. The molecule has 0 aliphatic heterocycles. The first-order valence-electron chi connectivity index (χ1n) is 8.31. The van der Waals surface area contributed by atoms with Gasteiger partial charge in [-0.3, -0.25) is 4.79 Å². The van der Waals surface area contributed by atoms with Crippen molar-refractivity contribution in [3.05, 3.63) is 48.0 Å². The van der Waals surface area contributed by atoms with Crippen molar-refractivity contribution in [2.75, 3.05) is 0 Å². The highest BCUT2D eigenvalue weighted by atomic mass is 16.1. The van der Waals surface area contributed by atoms with Crippen LogP contribution in [0.25, 0.3) is 10.8 Å². The number of carbonyl (C=O) groups is 1. The minimum atomic E-state index is 0.419. The fourth-order valence-corrected chi connectivity index (χ4v) is 5.42. The van der Waals surface area contributed by atoms with E-state index in [4.69, 9.17) is 0 Å². The molecule has 0 saturated heterocycles. The van der Waals surface area contributed by atoms with Gasteiger partial charge in [0.25, 0.3) is 0 Å². The molecule has 0 spiro atoms. The van der Waals surface area contributed by atoms with Gasteiger partial charge in [0.1, 0.15) is 5.78 Å². The Balaban J connectivity index is 1.36. The van der Waals surface area contributed by atoms with Crippen LogP contribution in [0.15, 0.2) is 42.5 Å². The van der Waals surface area contributed by atoms with Gasteiger partial charge in [0.2, 0.25) is 0 Å². The maximum Gasteiger partial charge on any atom is 0.140 e. The Morgan fingerprint density at radius 2 is 1.67 bits per heavy atom. The fourth-order valence-electron chi connectivity index (χ4n) is 5.42. The van der Waals surface area contributed by atoms with Crippen molar-refractivity contribution < 1.29 is 4.79 Å². The Hall–Kier alpha value is -1.63. The normalized spacial score (nSPS) is 35.9. The molecule has 0 N–H and O–H groups in total. The van der Waals surface area contributed by atoms with Gasteiger partial charge in [-0.05, 0) is 59.3 Å². The molecule has 1 nitrogen and oxygen atoms in total. The van der Waals surface area contributed by atoms with E-state index in [9.17, 15) is 4.79 Å². The van der Waals surface area contributed by atoms with E-state index < -0.39 is 0 Å². The molecule has 3 saturated carbocycles. The molecule has 106 valence electrons. The van der Waals surface area contributed by atoms with E-state index in [-0.39, 0.29) is 0 Å². The number of benzene rings is 2. The second-order valence-corrected chi connectivity index (χ2v) is 7.34. The van der Waals surface area contributed by atoms with Crippen LogP contribution in [-0.4, -0.2) is 5.78 Å². The first kappa shape index (κ1) is 12.0. The van der Waals surface area contributed by atoms with Gasteiger partial charge in [0, 0.05) is 12.3 Å². The lowest BCUT2D eigenvalue weighted by Gasteiger charge is -2.08. The molecule has 4 atom stereocenters. The Labute approximate surface area is 125 Å². The monoisotopic (exact) mass is 276 g/mol. The van der Waals surface area contributed by atoms with Crippen molar-refractivity contribution in [2.24, 2.45) is 29.6 Å². The van der Waals surface area contributed by atoms with Gasteiger partial charge in [0.05, 0.1) is 0 Å². The van der Waals surface area contributed by atoms with E-state index >= 15 is 0 Å². The van der Waals surface area contributed by atoms with E-state index in [1.54, 1.807) is 0 Å². The van der Waals surface area contributed by atoms with Crippen LogP contribution in [0.1, 0.15) is 24.8 Å². The molecular weight excluding hydrogens is 256 g/mol. The predicted octanol–water partition coefficient (Wildman–Crippen LogP) is 4.24. The number of fused-ring (bicyclic) bond motifs is 6. The van der Waals surface area contributed by atoms with Crippen molar-refractivity contribution in [2.45, 2.75) is 25.7 Å². The smallest absolute Gasteiger partial charge is 0.140 e. The number of carbonyl (C=O) groups excluding carboxylic acids is 1. The summed E-state index contributed by atoms with van der Waals surface area (Å²) in [7, 11) is 0. The van der Waals surface area contributed by atoms with Crippen molar-refractivity contribution in [3.63, 3.8) is 0 Å². The second-order valence-electron chi connectivity index (χ2n) is 7.34. The zero-order valence-corrected chi connectivity index (χ0v) is 12.2. The lowest BCUT2D eigenvalue weighted by molar-refractivity contribution is -0.120. The van der Waals surface area contributed by atoms with Crippen LogP contribution in [0.3, 0.4) is 0 Å². The van der Waals surface area contributed by atoms with Crippen LogP contribution < -0.4 is 0 Å². The third kappa shape index (κ3) is 1.73. The molecule has 5 rings (SSSR count). The third-order valence-corrected chi connectivity index (χ3v) is 6.30. The molecule has 1 heteroatoms. The molecule has 0 aromatic heterocycles. The SMILES string of the molecule is O=C(Cc1ccc2ccccc2c1)C1C2C3CCC(C3)C12. The van der Waals surface area contributed by atoms with Gasteiger partial charge in [0.15, 0.2) is 0 Å². The average molecular weight is 276 g/mol. The van der Waals surface area contributed by atoms with E-state index in [0.29, 0.717) is 18.1 Å². The number of hydrogen-bond donors (Lipinski definition) is 0. The molecule has 3 aliphatic rings. The topological polar surface area (TPSA) is 17.1 Å². The van der Waals surface area contributed by atoms with Crippen molar-refractivity contribution in [1.29, 1.82) is 0 Å². The summed E-state index contributed by atoms with van der Waals surface area (Å²) in [6.07, 6.45) is 4.86. The summed E-state index contributed by atoms with van der Waals surface area (Å²) in [5.41, 5.74) is 1.19. The number of hydrogen-bond acceptors (Lipinski definition) is 1. The molecule has 4 unspecified atom stereocenters. The molecule has 21 heavy (non-hydrogen) atoms. The zero-order valence-electron chi connectivity index (χ0n) is 12.2. The first-order valence-corrected chi connectivity index (χ1v) is 8.31. The van der Waals surface area contributed by atoms with Crippen LogP contribution >= 0.6 is 0 Å². The lowest BCUT2D eigenvalue weighted by atomic mass is 9.95. The quantitative estimate of drug-likeness (QED) is 0.819. The van der Waals surface area contributed by atoms with E-state index in [2.05, 4.69) is 42.5 Å². The first-order chi connectivity index (χ1) is 10.3. The molecule has 0 radical (unpaired) electrons. The molecule has 3 fully saturated rings. The highest BCUT2D eigenvalue weighted by molar-refractivity contribution is 5.89. The van der Waals surface area contributed by atoms with E-state index in [0.717, 1.165) is 23.7 Å². The van der Waals surface area contributed by atoms with E-state index in [1.165, 1.54) is 35.6 Å². The summed E-state index contributed by atoms with van der Waals surface area (Å²) in [6.45, 7) is 0. The minimum Gasteiger partial charge on any atom is -0.299 e. The Morgan fingerprint density at radius 3 is 2.43 bits per heavy atom. The number of ketones is 1. The molecule has 2 aromatic carbocycles. The molecule has 0 heterocycles. The molecular formula is C20H20O. The summed E-state index contributed by atoms with van der Waals surface area (Å²) in [5, 5.41) is 2.51. The fraction of sp³-hybridized carbons (Fsp3) is 0.450. The Bertz CT molecular complexity index is 715. The van der Waals surface area contributed by atoms with E-state index in [1.807, 2.05) is 0 Å². The van der Waals surface area contributed by atoms with Crippen molar-refractivity contribution >= 4 is 16.6 Å².